The maximum atomic E-state index is 2.40. The van der Waals surface area contributed by atoms with Crippen molar-refractivity contribution < 1.29 is 0 Å². The van der Waals surface area contributed by atoms with Crippen molar-refractivity contribution in [3.05, 3.63) is 212 Å². The minimum absolute atomic E-state index is 1.11. The van der Waals surface area contributed by atoms with Crippen LogP contribution in [-0.4, -0.2) is 0 Å². The van der Waals surface area contributed by atoms with Gasteiger partial charge in [0, 0.05) is 16.8 Å². The van der Waals surface area contributed by atoms with Gasteiger partial charge in [0.1, 0.15) is 0 Å². The SMILES string of the molecule is c1ccc(-c2ccc(-c3ccc(N(c4cccc(-c5cccc6ccccc56)c4)c4cccc5ccccc45)cc3)cc2-c2ccccc2)cc1. The predicted octanol–water partition coefficient (Wildman–Crippen LogP) is 14.1. The highest BCUT2D eigenvalue weighted by molar-refractivity contribution is 6.01. The molecule has 0 aliphatic rings. The number of benzene rings is 9. The molecular weight excluding hydrogens is 615 g/mol. The number of fused-ring (bicyclic) bond motifs is 2. The average Bonchev–Trinajstić information content (AvgIpc) is 3.22. The van der Waals surface area contributed by atoms with E-state index in [4.69, 9.17) is 0 Å². The lowest BCUT2D eigenvalue weighted by molar-refractivity contribution is 1.30. The number of rotatable bonds is 7. The van der Waals surface area contributed by atoms with Gasteiger partial charge < -0.3 is 4.90 Å². The third-order valence-electron chi connectivity index (χ3n) is 9.86. The van der Waals surface area contributed by atoms with Crippen LogP contribution in [-0.2, 0) is 0 Å². The largest absolute Gasteiger partial charge is 0.310 e. The second kappa shape index (κ2) is 13.3. The Morgan fingerprint density at radius 2 is 0.804 bits per heavy atom. The molecule has 0 aromatic heterocycles. The van der Waals surface area contributed by atoms with Crippen LogP contribution in [0.5, 0.6) is 0 Å². The lowest BCUT2D eigenvalue weighted by Gasteiger charge is -2.27. The Morgan fingerprint density at radius 1 is 0.255 bits per heavy atom. The quantitative estimate of drug-likeness (QED) is 0.166. The van der Waals surface area contributed by atoms with E-state index >= 15 is 0 Å². The normalized spacial score (nSPS) is 11.1. The van der Waals surface area contributed by atoms with Crippen LogP contribution < -0.4 is 4.90 Å². The van der Waals surface area contributed by atoms with Gasteiger partial charge in [-0.3, -0.25) is 0 Å². The fourth-order valence-corrected chi connectivity index (χ4v) is 7.37. The zero-order valence-electron chi connectivity index (χ0n) is 28.2. The van der Waals surface area contributed by atoms with E-state index in [0.29, 0.717) is 0 Å². The average molecular weight is 650 g/mol. The Bertz CT molecular complexity index is 2610. The van der Waals surface area contributed by atoms with Crippen LogP contribution in [0.15, 0.2) is 212 Å². The van der Waals surface area contributed by atoms with E-state index in [9.17, 15) is 0 Å². The van der Waals surface area contributed by atoms with Gasteiger partial charge in [-0.2, -0.15) is 0 Å². The molecule has 0 bridgehead atoms. The third-order valence-corrected chi connectivity index (χ3v) is 9.86. The van der Waals surface area contributed by atoms with Gasteiger partial charge in [0.15, 0.2) is 0 Å². The molecule has 9 aromatic carbocycles. The van der Waals surface area contributed by atoms with E-state index in [-0.39, 0.29) is 0 Å². The molecule has 1 nitrogen and oxygen atoms in total. The van der Waals surface area contributed by atoms with Crippen molar-refractivity contribution in [1.82, 2.24) is 0 Å². The molecule has 0 saturated carbocycles. The molecule has 0 N–H and O–H groups in total. The van der Waals surface area contributed by atoms with Gasteiger partial charge >= 0.3 is 0 Å². The molecule has 9 aromatic rings. The molecule has 0 unspecified atom stereocenters. The first kappa shape index (κ1) is 30.4. The second-order valence-corrected chi connectivity index (χ2v) is 13.0. The molecule has 0 atom stereocenters. The number of hydrogen-bond acceptors (Lipinski definition) is 1. The zero-order chi connectivity index (χ0) is 34.0. The van der Waals surface area contributed by atoms with Crippen LogP contribution in [0.2, 0.25) is 0 Å². The summed E-state index contributed by atoms with van der Waals surface area (Å²) in [5.74, 6) is 0. The molecule has 0 amide bonds. The molecule has 0 spiro atoms. The lowest BCUT2D eigenvalue weighted by atomic mass is 9.91. The summed E-state index contributed by atoms with van der Waals surface area (Å²) in [5.41, 5.74) is 13.0. The number of nitrogens with zero attached hydrogens (tertiary/aromatic N) is 1. The van der Waals surface area contributed by atoms with E-state index in [2.05, 4.69) is 217 Å². The molecule has 51 heavy (non-hydrogen) atoms. The highest BCUT2D eigenvalue weighted by atomic mass is 15.1. The Hall–Kier alpha value is -6.70. The van der Waals surface area contributed by atoms with Gasteiger partial charge in [0.05, 0.1) is 5.69 Å². The highest BCUT2D eigenvalue weighted by Crippen LogP contribution is 2.42. The molecule has 9 rings (SSSR count). The summed E-state index contributed by atoms with van der Waals surface area (Å²) in [4.78, 5) is 2.40. The fourth-order valence-electron chi connectivity index (χ4n) is 7.37. The van der Waals surface area contributed by atoms with E-state index in [1.165, 1.54) is 66.1 Å². The van der Waals surface area contributed by atoms with E-state index < -0.39 is 0 Å². The van der Waals surface area contributed by atoms with Gasteiger partial charge in [-0.25, -0.2) is 0 Å². The summed E-state index contributed by atoms with van der Waals surface area (Å²) in [6.45, 7) is 0. The number of anilines is 3. The van der Waals surface area contributed by atoms with Gasteiger partial charge in [-0.1, -0.05) is 176 Å². The van der Waals surface area contributed by atoms with E-state index in [1.807, 2.05) is 0 Å². The monoisotopic (exact) mass is 649 g/mol. The molecule has 0 fully saturated rings. The minimum atomic E-state index is 1.11. The van der Waals surface area contributed by atoms with Crippen LogP contribution in [0.3, 0.4) is 0 Å². The fraction of sp³-hybridized carbons (Fsp3) is 0. The third kappa shape index (κ3) is 5.86. The van der Waals surface area contributed by atoms with Crippen LogP contribution >= 0.6 is 0 Å². The van der Waals surface area contributed by atoms with Crippen LogP contribution in [0.25, 0.3) is 66.1 Å². The van der Waals surface area contributed by atoms with E-state index in [1.54, 1.807) is 0 Å². The minimum Gasteiger partial charge on any atom is -0.310 e. The van der Waals surface area contributed by atoms with Crippen molar-refractivity contribution >= 4 is 38.6 Å². The van der Waals surface area contributed by atoms with Crippen LogP contribution in [0.1, 0.15) is 0 Å². The molecule has 1 heteroatoms. The first-order chi connectivity index (χ1) is 25.3. The van der Waals surface area contributed by atoms with Crippen molar-refractivity contribution in [3.63, 3.8) is 0 Å². The highest BCUT2D eigenvalue weighted by Gasteiger charge is 2.17. The van der Waals surface area contributed by atoms with Crippen molar-refractivity contribution in [2.24, 2.45) is 0 Å². The Balaban J connectivity index is 1.16. The van der Waals surface area contributed by atoms with Crippen molar-refractivity contribution in [2.75, 3.05) is 4.90 Å². The Morgan fingerprint density at radius 3 is 1.55 bits per heavy atom. The number of hydrogen-bond donors (Lipinski definition) is 0. The first-order valence-corrected chi connectivity index (χ1v) is 17.5. The van der Waals surface area contributed by atoms with Gasteiger partial charge in [0.2, 0.25) is 0 Å². The summed E-state index contributed by atoms with van der Waals surface area (Å²) in [7, 11) is 0. The van der Waals surface area contributed by atoms with Crippen molar-refractivity contribution in [2.45, 2.75) is 0 Å². The lowest BCUT2D eigenvalue weighted by Crippen LogP contribution is -2.10. The second-order valence-electron chi connectivity index (χ2n) is 13.0. The Labute approximate surface area is 299 Å². The van der Waals surface area contributed by atoms with E-state index in [0.717, 1.165) is 17.1 Å². The molecular formula is C50H35N. The molecule has 0 heterocycles. The van der Waals surface area contributed by atoms with Gasteiger partial charge in [0.25, 0.3) is 0 Å². The van der Waals surface area contributed by atoms with Gasteiger partial charge in [-0.15, -0.1) is 0 Å². The summed E-state index contributed by atoms with van der Waals surface area (Å²) in [6.07, 6.45) is 0. The maximum absolute atomic E-state index is 2.40. The maximum Gasteiger partial charge on any atom is 0.0540 e. The van der Waals surface area contributed by atoms with Crippen LogP contribution in [0.4, 0.5) is 17.1 Å². The summed E-state index contributed by atoms with van der Waals surface area (Å²) in [5, 5.41) is 4.93. The predicted molar refractivity (Wildman–Crippen MR) is 218 cm³/mol. The summed E-state index contributed by atoms with van der Waals surface area (Å²) < 4.78 is 0. The zero-order valence-corrected chi connectivity index (χ0v) is 28.2. The molecule has 0 saturated heterocycles. The van der Waals surface area contributed by atoms with Gasteiger partial charge in [-0.05, 0) is 97.1 Å². The topological polar surface area (TPSA) is 3.24 Å². The first-order valence-electron chi connectivity index (χ1n) is 17.5. The Kier molecular flexibility index (Phi) is 7.92. The van der Waals surface area contributed by atoms with Crippen molar-refractivity contribution in [3.8, 4) is 44.5 Å². The molecule has 240 valence electrons. The smallest absolute Gasteiger partial charge is 0.0540 e. The molecule has 0 aliphatic carbocycles. The summed E-state index contributed by atoms with van der Waals surface area (Å²) in [6, 6.07) is 76.6. The standard InChI is InChI=1S/C50H35N/c1-3-14-37(15-4-1)47-33-30-41(35-49(47)40-16-5-2-6-17-40)36-28-31-43(32-29-36)51(50-27-13-21-39-19-8-10-25-48(39)50)44-23-11-22-42(34-44)46-26-12-20-38-18-7-9-24-45(38)46/h1-35H. The summed E-state index contributed by atoms with van der Waals surface area (Å²) >= 11 is 0. The van der Waals surface area contributed by atoms with Crippen molar-refractivity contribution in [1.29, 1.82) is 0 Å². The van der Waals surface area contributed by atoms with Crippen LogP contribution in [0, 0.1) is 0 Å². The molecule has 0 aliphatic heterocycles. The molecule has 0 radical (unpaired) electrons.